The first kappa shape index (κ1) is 32.6. The lowest BCUT2D eigenvalue weighted by Crippen LogP contribution is -2.54. The van der Waals surface area contributed by atoms with E-state index in [2.05, 4.69) is 21.0 Å². The van der Waals surface area contributed by atoms with Gasteiger partial charge in [-0.2, -0.15) is 10.1 Å². The van der Waals surface area contributed by atoms with Gasteiger partial charge in [0, 0.05) is 17.0 Å². The Morgan fingerprint density at radius 3 is 2.65 bits per heavy atom. The number of fused-ring (bicyclic) bond motifs is 1. The minimum absolute atomic E-state index is 0.0477. The first-order chi connectivity index (χ1) is 20.1. The van der Waals surface area contributed by atoms with Crippen molar-refractivity contribution in [3.8, 4) is 17.0 Å². The van der Waals surface area contributed by atoms with Crippen LogP contribution >= 0.6 is 19.3 Å². The number of nitrogen functional groups attached to an aromatic ring is 1. The highest BCUT2D eigenvalue weighted by atomic mass is 35.5. The number of aliphatic hydroxyl groups excluding tert-OH is 1. The highest BCUT2D eigenvalue weighted by Gasteiger charge is 2.62. The van der Waals surface area contributed by atoms with E-state index in [0.717, 1.165) is 4.57 Å². The van der Waals surface area contributed by atoms with Crippen LogP contribution in [-0.4, -0.2) is 76.7 Å². The summed E-state index contributed by atoms with van der Waals surface area (Å²) in [7, 11) is -1.73. The summed E-state index contributed by atoms with van der Waals surface area (Å²) in [4.78, 5) is 31.3. The Balaban J connectivity index is 1.71. The third kappa shape index (κ3) is 6.77. The molecule has 1 saturated heterocycles. The van der Waals surface area contributed by atoms with Gasteiger partial charge in [0.2, 0.25) is 11.6 Å². The van der Waals surface area contributed by atoms with Gasteiger partial charge in [-0.25, -0.2) is 8.96 Å². The third-order valence-electron chi connectivity index (χ3n) is 6.51. The fourth-order valence-corrected chi connectivity index (χ4v) is 6.62. The van der Waals surface area contributed by atoms with Gasteiger partial charge in [0.15, 0.2) is 11.9 Å². The quantitative estimate of drug-likeness (QED) is 0.106. The maximum Gasteiger partial charge on any atom is 0.458 e. The van der Waals surface area contributed by atoms with Crippen LogP contribution in [-0.2, 0) is 23.4 Å². The van der Waals surface area contributed by atoms with Gasteiger partial charge >= 0.3 is 13.7 Å². The molecule has 0 amide bonds. The summed E-state index contributed by atoms with van der Waals surface area (Å²) in [6, 6.07) is 8.19. The lowest BCUT2D eigenvalue weighted by Gasteiger charge is -2.36. The number of esters is 1. The fraction of sp³-hybridized carbons (Fsp3) is 0.400. The smallest absolute Gasteiger partial charge is 0.458 e. The van der Waals surface area contributed by atoms with Crippen molar-refractivity contribution in [1.82, 2.24) is 19.6 Å². The number of benzene rings is 1. The molecule has 1 aliphatic heterocycles. The summed E-state index contributed by atoms with van der Waals surface area (Å²) < 4.78 is 54.8. The molecule has 0 bridgehead atoms. The zero-order chi connectivity index (χ0) is 31.7. The number of carbonyl (C=O) groups is 1. The number of nitrogens with zero attached hydrogens (tertiary/aromatic N) is 2. The summed E-state index contributed by atoms with van der Waals surface area (Å²) >= 11 is 5.60. The summed E-state index contributed by atoms with van der Waals surface area (Å²) in [5.41, 5.74) is 2.20. The van der Waals surface area contributed by atoms with Gasteiger partial charge in [-0.1, -0.05) is 18.2 Å². The second-order valence-electron chi connectivity index (χ2n) is 10.7. The number of ether oxygens (including phenoxy) is 2. The second kappa shape index (κ2) is 12.4. The monoisotopic (exact) mass is 635 g/mol. The minimum atomic E-state index is -4.49. The molecular formula is C25H30B2ClFN5O8P. The molecule has 1 fully saturated rings. The number of aromatic nitrogens is 3. The van der Waals surface area contributed by atoms with Gasteiger partial charge in [0.05, 0.1) is 11.5 Å². The van der Waals surface area contributed by atoms with E-state index in [1.54, 1.807) is 32.0 Å². The molecule has 18 heteroatoms. The Hall–Kier alpha value is -3.31. The topological polar surface area (TPSA) is 180 Å². The van der Waals surface area contributed by atoms with Crippen molar-refractivity contribution in [3.63, 3.8) is 0 Å². The number of hydrogen-bond donors (Lipinski definition) is 4. The van der Waals surface area contributed by atoms with Crippen LogP contribution in [0.5, 0.6) is 5.75 Å². The molecule has 43 heavy (non-hydrogen) atoms. The minimum Gasteiger partial charge on any atom is -0.462 e. The zero-order valence-corrected chi connectivity index (χ0v) is 25.6. The summed E-state index contributed by atoms with van der Waals surface area (Å²) in [5, 5.41) is 14.1. The molecular weight excluding hydrogens is 605 g/mol. The Kier molecular flexibility index (Phi) is 9.37. The average Bonchev–Trinajstić information content (AvgIpc) is 3.42. The summed E-state index contributed by atoms with van der Waals surface area (Å²) in [6.45, 7) is 4.71. The van der Waals surface area contributed by atoms with Crippen molar-refractivity contribution < 1.29 is 37.4 Å². The van der Waals surface area contributed by atoms with Crippen LogP contribution in [0.15, 0.2) is 47.4 Å². The van der Waals surface area contributed by atoms with Crippen molar-refractivity contribution in [2.24, 2.45) is 0 Å². The van der Waals surface area contributed by atoms with Gasteiger partial charge in [0.25, 0.3) is 5.56 Å². The maximum absolute atomic E-state index is 16.6. The normalized spacial score (nSPS) is 24.2. The van der Waals surface area contributed by atoms with Crippen molar-refractivity contribution >= 4 is 58.0 Å². The Morgan fingerprint density at radius 2 is 2.02 bits per heavy atom. The number of carbonyl (C=O) groups excluding carboxylic acids is 1. The van der Waals surface area contributed by atoms with Crippen molar-refractivity contribution in [1.29, 1.82) is 0 Å². The molecule has 3 unspecified atom stereocenters. The Bertz CT molecular complexity index is 1670. The number of hydrogen-bond acceptors (Lipinski definition) is 10. The molecule has 0 spiro atoms. The first-order valence-electron chi connectivity index (χ1n) is 13.2. The van der Waals surface area contributed by atoms with E-state index in [4.69, 9.17) is 35.9 Å². The number of aromatic amines is 1. The van der Waals surface area contributed by atoms with Crippen LogP contribution in [0.25, 0.3) is 11.0 Å². The summed E-state index contributed by atoms with van der Waals surface area (Å²) in [6.07, 6.45) is -4.45. The Morgan fingerprint density at radius 1 is 1.35 bits per heavy atom. The lowest BCUT2D eigenvalue weighted by atomic mass is 9.60. The van der Waals surface area contributed by atoms with E-state index in [-0.39, 0.29) is 22.7 Å². The molecule has 5 N–H and O–H groups in total. The van der Waals surface area contributed by atoms with Crippen molar-refractivity contribution in [2.75, 3.05) is 5.73 Å². The molecule has 4 rings (SSSR count). The Labute approximate surface area is 253 Å². The molecule has 228 valence electrons. The highest BCUT2D eigenvalue weighted by molar-refractivity contribution is 7.52. The van der Waals surface area contributed by atoms with E-state index in [9.17, 15) is 19.3 Å². The van der Waals surface area contributed by atoms with Crippen LogP contribution in [0.1, 0.15) is 27.0 Å². The molecule has 2 aromatic heterocycles. The molecule has 13 nitrogen and oxygen atoms in total. The first-order valence-corrected chi connectivity index (χ1v) is 15.1. The molecule has 1 aromatic carbocycles. The number of aliphatic hydroxyl groups is 1. The van der Waals surface area contributed by atoms with Gasteiger partial charge < -0.3 is 29.4 Å². The number of rotatable bonds is 10. The van der Waals surface area contributed by atoms with Gasteiger partial charge in [-0.3, -0.25) is 19.1 Å². The molecule has 0 saturated carbocycles. The number of anilines is 1. The zero-order valence-electron chi connectivity index (χ0n) is 23.9. The number of halogens is 2. The third-order valence-corrected chi connectivity index (χ3v) is 8.47. The van der Waals surface area contributed by atoms with E-state index in [1.807, 2.05) is 5.38 Å². The lowest BCUT2D eigenvalue weighted by molar-refractivity contribution is -0.149. The number of para-hydroxylation sites is 1. The van der Waals surface area contributed by atoms with Crippen LogP contribution in [0.3, 0.4) is 0 Å². The highest BCUT2D eigenvalue weighted by Crippen LogP contribution is 2.52. The molecule has 0 aliphatic carbocycles. The van der Waals surface area contributed by atoms with Crippen LogP contribution in [0, 0.1) is 11.3 Å². The van der Waals surface area contributed by atoms with Crippen molar-refractivity contribution in [3.05, 3.63) is 52.9 Å². The van der Waals surface area contributed by atoms with Gasteiger partial charge in [-0.05, 0) is 56.5 Å². The van der Waals surface area contributed by atoms with Gasteiger partial charge in [0.1, 0.15) is 39.7 Å². The number of alkyl halides is 1. The predicted octanol–water partition coefficient (Wildman–Crippen LogP) is 0.526. The van der Waals surface area contributed by atoms with E-state index in [1.165, 1.54) is 47.0 Å². The van der Waals surface area contributed by atoms with E-state index >= 15 is 4.39 Å². The molecule has 0 radical (unpaired) electrons. The number of nitrogens with two attached hydrogens (primary N) is 1. The van der Waals surface area contributed by atoms with Crippen LogP contribution in [0.2, 0.25) is 0 Å². The van der Waals surface area contributed by atoms with Crippen molar-refractivity contribution in [2.45, 2.75) is 62.4 Å². The van der Waals surface area contributed by atoms with E-state index < -0.39 is 60.9 Å². The molecule has 3 heterocycles. The van der Waals surface area contributed by atoms with Gasteiger partial charge in [-0.15, -0.1) is 0 Å². The molecule has 6 atom stereocenters. The SMILES string of the molecule is BC(B)(OP(=O)(N[C@@H](C)C(=O)OC(C)C)Oc1ccccc1)C1O[C@@H](n2ccc3c(=O)[nH]c(N)nc32)[C@@](F)(C#CCl)C1O. The second-order valence-corrected chi connectivity index (χ2v) is 12.5. The van der Waals surface area contributed by atoms with E-state index in [0.29, 0.717) is 0 Å². The standard InChI is InChI=1S/C25H30B2ClFN5O8P/c1-13(2)39-21(37)14(3)33-43(38,41-15-7-5-4-6-8-15)42-25(26,27)18-17(35)24(29,10-11-28)22(40-18)34-12-9-16-19(34)31-23(30)32-20(16)36/h4-9,12-14,17-18,22,35H,26-27H2,1-3H3,(H,33,38)(H3,30,31,32,36)/t14-,17?,18?,22+,24+,43?/m0/s1. The largest absolute Gasteiger partial charge is 0.462 e. The number of nitrogens with one attached hydrogen (secondary N) is 2. The number of H-pyrrole nitrogens is 1. The van der Waals surface area contributed by atoms with Crippen LogP contribution in [0.4, 0.5) is 10.3 Å². The molecule has 3 aromatic rings. The van der Waals surface area contributed by atoms with Crippen LogP contribution < -0.4 is 20.9 Å². The molecule has 1 aliphatic rings. The predicted molar refractivity (Wildman–Crippen MR) is 162 cm³/mol. The fourth-order valence-electron chi connectivity index (χ4n) is 4.63. The summed E-state index contributed by atoms with van der Waals surface area (Å²) in [5.74, 6) is 1.31. The average molecular weight is 636 g/mol. The maximum atomic E-state index is 16.6.